The molecule has 1 N–H and O–H groups in total. The van der Waals surface area contributed by atoms with E-state index in [4.69, 9.17) is 0 Å². The number of pyridine rings is 1. The monoisotopic (exact) mass is 395 g/mol. The van der Waals surface area contributed by atoms with Gasteiger partial charge in [-0.1, -0.05) is 0 Å². The Hall–Kier alpha value is -3.09. The van der Waals surface area contributed by atoms with Gasteiger partial charge in [0.1, 0.15) is 5.69 Å². The van der Waals surface area contributed by atoms with Crippen molar-refractivity contribution in [2.24, 2.45) is 0 Å². The second-order valence-electron chi connectivity index (χ2n) is 7.15. The number of aromatic nitrogens is 1. The standard InChI is InChI=1S/C22H29N5O2/c1-4-26(5-2)18-6-7-20(17(3)14-18)24-22(29)21-15-19(8-9-23-21)27-12-10-25(16-28)11-13-27/h6-9,14-16H,4-5,10-13H2,1-3H3,(H,24,29). The minimum Gasteiger partial charge on any atom is -0.372 e. The molecule has 7 nitrogen and oxygen atoms in total. The average molecular weight is 396 g/mol. The largest absolute Gasteiger partial charge is 0.372 e. The lowest BCUT2D eigenvalue weighted by Crippen LogP contribution is -2.45. The minimum absolute atomic E-state index is 0.225. The molecule has 7 heteroatoms. The highest BCUT2D eigenvalue weighted by molar-refractivity contribution is 6.03. The molecule has 1 aromatic carbocycles. The van der Waals surface area contributed by atoms with Gasteiger partial charge in [0, 0.05) is 62.5 Å². The van der Waals surface area contributed by atoms with E-state index < -0.39 is 0 Å². The number of aryl methyl sites for hydroxylation is 1. The molecule has 0 bridgehead atoms. The van der Waals surface area contributed by atoms with E-state index in [0.717, 1.165) is 55.2 Å². The van der Waals surface area contributed by atoms with Crippen LogP contribution in [0, 0.1) is 6.92 Å². The quantitative estimate of drug-likeness (QED) is 0.730. The fraction of sp³-hybridized carbons (Fsp3) is 0.409. The Morgan fingerprint density at radius 1 is 1.14 bits per heavy atom. The number of hydrogen-bond donors (Lipinski definition) is 1. The van der Waals surface area contributed by atoms with Crippen LogP contribution < -0.4 is 15.1 Å². The van der Waals surface area contributed by atoms with Crippen molar-refractivity contribution in [1.82, 2.24) is 9.88 Å². The molecular formula is C22H29N5O2. The van der Waals surface area contributed by atoms with Gasteiger partial charge in [0.05, 0.1) is 0 Å². The third kappa shape index (κ3) is 4.85. The van der Waals surface area contributed by atoms with Crippen molar-refractivity contribution in [3.8, 4) is 0 Å². The van der Waals surface area contributed by atoms with E-state index in [1.54, 1.807) is 11.1 Å². The van der Waals surface area contributed by atoms with Crippen LogP contribution >= 0.6 is 0 Å². The molecule has 0 saturated carbocycles. The van der Waals surface area contributed by atoms with E-state index in [9.17, 15) is 9.59 Å². The Morgan fingerprint density at radius 2 is 1.86 bits per heavy atom. The molecule has 0 aliphatic carbocycles. The first-order valence-corrected chi connectivity index (χ1v) is 10.1. The van der Waals surface area contributed by atoms with E-state index in [1.807, 2.05) is 31.2 Å². The summed E-state index contributed by atoms with van der Waals surface area (Å²) in [5.41, 5.74) is 4.29. The molecule has 3 rings (SSSR count). The number of benzene rings is 1. The summed E-state index contributed by atoms with van der Waals surface area (Å²) in [6.07, 6.45) is 2.54. The van der Waals surface area contributed by atoms with Crippen LogP contribution in [-0.4, -0.2) is 61.5 Å². The zero-order valence-corrected chi connectivity index (χ0v) is 17.4. The first kappa shape index (κ1) is 20.6. The Labute approximate surface area is 172 Å². The predicted molar refractivity (Wildman–Crippen MR) is 117 cm³/mol. The average Bonchev–Trinajstić information content (AvgIpc) is 2.76. The zero-order chi connectivity index (χ0) is 20.8. The molecular weight excluding hydrogens is 366 g/mol. The first-order chi connectivity index (χ1) is 14.0. The summed E-state index contributed by atoms with van der Waals surface area (Å²) in [7, 11) is 0. The van der Waals surface area contributed by atoms with Crippen molar-refractivity contribution < 1.29 is 9.59 Å². The van der Waals surface area contributed by atoms with E-state index in [2.05, 4.69) is 40.0 Å². The van der Waals surface area contributed by atoms with Gasteiger partial charge in [-0.3, -0.25) is 14.6 Å². The van der Waals surface area contributed by atoms with Crippen molar-refractivity contribution >= 4 is 29.4 Å². The molecule has 0 atom stereocenters. The zero-order valence-electron chi connectivity index (χ0n) is 17.4. The Bertz CT molecular complexity index is 858. The summed E-state index contributed by atoms with van der Waals surface area (Å²) in [6, 6.07) is 9.79. The van der Waals surface area contributed by atoms with Gasteiger partial charge in [-0.25, -0.2) is 0 Å². The van der Waals surface area contributed by atoms with Crippen LogP contribution in [0.4, 0.5) is 17.1 Å². The van der Waals surface area contributed by atoms with Crippen molar-refractivity contribution in [3.05, 3.63) is 47.8 Å². The van der Waals surface area contributed by atoms with E-state index in [-0.39, 0.29) is 5.91 Å². The van der Waals surface area contributed by atoms with Crippen LogP contribution in [0.5, 0.6) is 0 Å². The second kappa shape index (κ2) is 9.41. The van der Waals surface area contributed by atoms with Crippen LogP contribution in [0.15, 0.2) is 36.5 Å². The third-order valence-corrected chi connectivity index (χ3v) is 5.39. The van der Waals surface area contributed by atoms with Gasteiger partial charge in [-0.05, 0) is 56.7 Å². The normalized spacial score (nSPS) is 13.9. The van der Waals surface area contributed by atoms with Crippen molar-refractivity contribution in [2.75, 3.05) is 54.4 Å². The number of carbonyl (C=O) groups is 2. The molecule has 0 radical (unpaired) electrons. The number of anilines is 3. The molecule has 0 unspecified atom stereocenters. The summed E-state index contributed by atoms with van der Waals surface area (Å²) in [4.78, 5) is 34.1. The van der Waals surface area contributed by atoms with Crippen LogP contribution in [0.2, 0.25) is 0 Å². The van der Waals surface area contributed by atoms with E-state index in [0.29, 0.717) is 18.8 Å². The van der Waals surface area contributed by atoms with Crippen molar-refractivity contribution in [1.29, 1.82) is 0 Å². The van der Waals surface area contributed by atoms with Crippen molar-refractivity contribution in [2.45, 2.75) is 20.8 Å². The van der Waals surface area contributed by atoms with Gasteiger partial charge in [-0.2, -0.15) is 0 Å². The van der Waals surface area contributed by atoms with Gasteiger partial charge in [0.15, 0.2) is 0 Å². The Kier molecular flexibility index (Phi) is 6.69. The molecule has 1 aliphatic heterocycles. The van der Waals surface area contributed by atoms with Gasteiger partial charge >= 0.3 is 0 Å². The highest BCUT2D eigenvalue weighted by Gasteiger charge is 2.18. The molecule has 2 aromatic rings. The smallest absolute Gasteiger partial charge is 0.274 e. The fourth-order valence-corrected chi connectivity index (χ4v) is 3.59. The number of nitrogens with zero attached hydrogens (tertiary/aromatic N) is 4. The van der Waals surface area contributed by atoms with Gasteiger partial charge in [0.25, 0.3) is 5.91 Å². The van der Waals surface area contributed by atoms with Crippen LogP contribution in [0.25, 0.3) is 0 Å². The van der Waals surface area contributed by atoms with E-state index in [1.165, 1.54) is 0 Å². The first-order valence-electron chi connectivity index (χ1n) is 10.1. The molecule has 154 valence electrons. The maximum Gasteiger partial charge on any atom is 0.274 e. The highest BCUT2D eigenvalue weighted by Crippen LogP contribution is 2.24. The molecule has 1 aromatic heterocycles. The molecule has 29 heavy (non-hydrogen) atoms. The maximum absolute atomic E-state index is 12.8. The number of rotatable bonds is 7. The Morgan fingerprint density at radius 3 is 2.48 bits per heavy atom. The second-order valence-corrected chi connectivity index (χ2v) is 7.15. The SMILES string of the molecule is CCN(CC)c1ccc(NC(=O)c2cc(N3CCN(C=O)CC3)ccn2)c(C)c1. The lowest BCUT2D eigenvalue weighted by Gasteiger charge is -2.34. The summed E-state index contributed by atoms with van der Waals surface area (Å²) >= 11 is 0. The molecule has 1 fully saturated rings. The van der Waals surface area contributed by atoms with E-state index >= 15 is 0 Å². The predicted octanol–water partition coefficient (Wildman–Crippen LogP) is 2.77. The highest BCUT2D eigenvalue weighted by atomic mass is 16.2. The van der Waals surface area contributed by atoms with Crippen LogP contribution in [0.3, 0.4) is 0 Å². The summed E-state index contributed by atoms with van der Waals surface area (Å²) in [5.74, 6) is -0.225. The van der Waals surface area contributed by atoms with Gasteiger partial charge < -0.3 is 20.0 Å². The molecule has 1 aliphatic rings. The summed E-state index contributed by atoms with van der Waals surface area (Å²) in [6.45, 7) is 11.0. The van der Waals surface area contributed by atoms with Crippen molar-refractivity contribution in [3.63, 3.8) is 0 Å². The number of nitrogens with one attached hydrogen (secondary N) is 1. The maximum atomic E-state index is 12.8. The van der Waals surface area contributed by atoms with Gasteiger partial charge in [0.2, 0.25) is 6.41 Å². The summed E-state index contributed by atoms with van der Waals surface area (Å²) < 4.78 is 0. The number of carbonyl (C=O) groups excluding carboxylic acids is 2. The fourth-order valence-electron chi connectivity index (χ4n) is 3.59. The minimum atomic E-state index is -0.225. The number of piperazine rings is 1. The molecule has 1 saturated heterocycles. The molecule has 2 heterocycles. The summed E-state index contributed by atoms with van der Waals surface area (Å²) in [5, 5.41) is 2.98. The van der Waals surface area contributed by atoms with Crippen LogP contribution in [0.1, 0.15) is 29.9 Å². The Balaban J connectivity index is 1.70. The number of hydrogen-bond acceptors (Lipinski definition) is 5. The molecule has 2 amide bonds. The van der Waals surface area contributed by atoms with Gasteiger partial charge in [-0.15, -0.1) is 0 Å². The van der Waals surface area contributed by atoms with Crippen LogP contribution in [-0.2, 0) is 4.79 Å². The molecule has 0 spiro atoms. The lowest BCUT2D eigenvalue weighted by atomic mass is 10.1. The lowest BCUT2D eigenvalue weighted by molar-refractivity contribution is -0.118. The topological polar surface area (TPSA) is 68.8 Å². The number of amides is 2. The third-order valence-electron chi connectivity index (χ3n) is 5.39.